The van der Waals surface area contributed by atoms with Crippen LogP contribution in [0.3, 0.4) is 0 Å². The number of carboxylic acids is 1. The van der Waals surface area contributed by atoms with Gasteiger partial charge in [0.1, 0.15) is 6.33 Å². The summed E-state index contributed by atoms with van der Waals surface area (Å²) >= 11 is 0. The van der Waals surface area contributed by atoms with E-state index in [4.69, 9.17) is 10.8 Å². The molecule has 0 saturated heterocycles. The minimum atomic E-state index is -0.879. The third-order valence-electron chi connectivity index (χ3n) is 1.73. The van der Waals surface area contributed by atoms with E-state index in [1.54, 1.807) is 0 Å². The molecule has 1 atom stereocenters. The third kappa shape index (κ3) is 2.79. The summed E-state index contributed by atoms with van der Waals surface area (Å²) in [5, 5.41) is 19.1. The molecule has 0 aromatic carbocycles. The molecule has 0 radical (unpaired) electrons. The van der Waals surface area contributed by atoms with E-state index in [2.05, 4.69) is 15.5 Å². The van der Waals surface area contributed by atoms with Gasteiger partial charge in [0.2, 0.25) is 0 Å². The number of rotatable bonds is 5. The number of aryl methyl sites for hydroxylation is 1. The molecule has 72 valence electrons. The highest BCUT2D eigenvalue weighted by Crippen LogP contribution is 2.02. The van der Waals surface area contributed by atoms with Gasteiger partial charge in [0.05, 0.1) is 5.92 Å². The first-order valence-electron chi connectivity index (χ1n) is 3.87. The molecular formula is C6H11N5O2. The average Bonchev–Trinajstić information content (AvgIpc) is 2.57. The lowest BCUT2D eigenvalue weighted by atomic mass is 10.1. The van der Waals surface area contributed by atoms with Gasteiger partial charge in [-0.1, -0.05) is 0 Å². The van der Waals surface area contributed by atoms with Crippen molar-refractivity contribution >= 4 is 5.97 Å². The number of hydrogen-bond acceptors (Lipinski definition) is 5. The van der Waals surface area contributed by atoms with Gasteiger partial charge in [-0.3, -0.25) is 4.79 Å². The Bertz CT molecular complexity index is 260. The van der Waals surface area contributed by atoms with E-state index in [1.165, 1.54) is 11.0 Å². The van der Waals surface area contributed by atoms with E-state index < -0.39 is 11.9 Å². The normalized spacial score (nSPS) is 12.7. The van der Waals surface area contributed by atoms with Crippen LogP contribution in [0.15, 0.2) is 6.33 Å². The van der Waals surface area contributed by atoms with Gasteiger partial charge in [-0.05, 0) is 16.8 Å². The van der Waals surface area contributed by atoms with Crippen LogP contribution in [0, 0.1) is 5.92 Å². The van der Waals surface area contributed by atoms with Gasteiger partial charge >= 0.3 is 5.97 Å². The van der Waals surface area contributed by atoms with Crippen molar-refractivity contribution in [1.82, 2.24) is 20.2 Å². The van der Waals surface area contributed by atoms with E-state index in [0.29, 0.717) is 13.0 Å². The molecule has 7 nitrogen and oxygen atoms in total. The Balaban J connectivity index is 2.36. The number of tetrazole rings is 1. The summed E-state index contributed by atoms with van der Waals surface area (Å²) in [6, 6.07) is 0. The molecule has 3 N–H and O–H groups in total. The van der Waals surface area contributed by atoms with E-state index in [9.17, 15) is 4.79 Å². The van der Waals surface area contributed by atoms with Crippen LogP contribution in [0.4, 0.5) is 0 Å². The zero-order chi connectivity index (χ0) is 9.68. The summed E-state index contributed by atoms with van der Waals surface area (Å²) < 4.78 is 1.48. The van der Waals surface area contributed by atoms with Crippen LogP contribution in [-0.2, 0) is 11.3 Å². The lowest BCUT2D eigenvalue weighted by Crippen LogP contribution is -2.24. The molecule has 0 aliphatic carbocycles. The molecule has 1 rings (SSSR count). The molecule has 0 fully saturated rings. The van der Waals surface area contributed by atoms with Gasteiger partial charge in [-0.2, -0.15) is 0 Å². The summed E-state index contributed by atoms with van der Waals surface area (Å²) in [5.41, 5.74) is 5.27. The smallest absolute Gasteiger partial charge is 0.307 e. The Morgan fingerprint density at radius 3 is 2.92 bits per heavy atom. The third-order valence-corrected chi connectivity index (χ3v) is 1.73. The van der Waals surface area contributed by atoms with Crippen LogP contribution < -0.4 is 5.73 Å². The van der Waals surface area contributed by atoms with E-state index in [-0.39, 0.29) is 6.54 Å². The number of aliphatic carboxylic acids is 1. The fraction of sp³-hybridized carbons (Fsp3) is 0.667. The van der Waals surface area contributed by atoms with Crippen molar-refractivity contribution in [2.24, 2.45) is 11.7 Å². The first-order valence-corrected chi connectivity index (χ1v) is 3.87. The highest BCUT2D eigenvalue weighted by Gasteiger charge is 2.14. The summed E-state index contributed by atoms with van der Waals surface area (Å²) in [4.78, 5) is 10.5. The first kappa shape index (κ1) is 9.59. The summed E-state index contributed by atoms with van der Waals surface area (Å²) in [7, 11) is 0. The first-order chi connectivity index (χ1) is 6.24. The Morgan fingerprint density at radius 2 is 2.46 bits per heavy atom. The van der Waals surface area contributed by atoms with Crippen LogP contribution in [0.5, 0.6) is 0 Å². The van der Waals surface area contributed by atoms with Gasteiger partial charge in [0.25, 0.3) is 0 Å². The van der Waals surface area contributed by atoms with Crippen LogP contribution in [-0.4, -0.2) is 37.8 Å². The Labute approximate surface area is 74.5 Å². The van der Waals surface area contributed by atoms with E-state index in [1.807, 2.05) is 0 Å². The maximum atomic E-state index is 10.5. The molecule has 1 aromatic heterocycles. The van der Waals surface area contributed by atoms with Crippen molar-refractivity contribution in [3.8, 4) is 0 Å². The van der Waals surface area contributed by atoms with Crippen molar-refractivity contribution in [1.29, 1.82) is 0 Å². The largest absolute Gasteiger partial charge is 0.481 e. The fourth-order valence-corrected chi connectivity index (χ4v) is 0.913. The van der Waals surface area contributed by atoms with Gasteiger partial charge in [0.15, 0.2) is 0 Å². The van der Waals surface area contributed by atoms with Gasteiger partial charge in [-0.25, -0.2) is 4.68 Å². The minimum Gasteiger partial charge on any atom is -0.481 e. The fourth-order valence-electron chi connectivity index (χ4n) is 0.913. The van der Waals surface area contributed by atoms with Crippen molar-refractivity contribution in [2.45, 2.75) is 13.0 Å². The second kappa shape index (κ2) is 4.51. The van der Waals surface area contributed by atoms with E-state index >= 15 is 0 Å². The zero-order valence-corrected chi connectivity index (χ0v) is 7.00. The van der Waals surface area contributed by atoms with Crippen LogP contribution in [0.2, 0.25) is 0 Å². The lowest BCUT2D eigenvalue weighted by Gasteiger charge is -2.07. The topological polar surface area (TPSA) is 107 Å². The van der Waals surface area contributed by atoms with Crippen molar-refractivity contribution in [2.75, 3.05) is 6.54 Å². The maximum Gasteiger partial charge on any atom is 0.307 e. The highest BCUT2D eigenvalue weighted by molar-refractivity contribution is 5.70. The second-order valence-electron chi connectivity index (χ2n) is 2.63. The molecule has 0 saturated carbocycles. The molecular weight excluding hydrogens is 174 g/mol. The van der Waals surface area contributed by atoms with Gasteiger partial charge < -0.3 is 10.8 Å². The number of nitrogens with two attached hydrogens (primary N) is 1. The van der Waals surface area contributed by atoms with Gasteiger partial charge in [0, 0.05) is 13.1 Å². The molecule has 0 spiro atoms. The molecule has 0 amide bonds. The number of hydrogen-bond donors (Lipinski definition) is 2. The summed E-state index contributed by atoms with van der Waals surface area (Å²) in [6.07, 6.45) is 1.88. The standard InChI is InChI=1S/C6H11N5O2/c7-3-5(6(12)13)1-2-11-4-8-9-10-11/h4-5H,1-3,7H2,(H,12,13). The molecule has 0 bridgehead atoms. The molecule has 7 heteroatoms. The predicted octanol–water partition coefficient (Wildman–Crippen LogP) is -1.28. The van der Waals surface area contributed by atoms with Crippen LogP contribution in [0.25, 0.3) is 0 Å². The maximum absolute atomic E-state index is 10.5. The van der Waals surface area contributed by atoms with Crippen molar-refractivity contribution in [3.05, 3.63) is 6.33 Å². The summed E-state index contributed by atoms with van der Waals surface area (Å²) in [5.74, 6) is -1.40. The molecule has 0 aliphatic heterocycles. The zero-order valence-electron chi connectivity index (χ0n) is 7.00. The summed E-state index contributed by atoms with van der Waals surface area (Å²) in [6.45, 7) is 0.610. The molecule has 13 heavy (non-hydrogen) atoms. The molecule has 1 unspecified atom stereocenters. The van der Waals surface area contributed by atoms with Crippen LogP contribution in [0.1, 0.15) is 6.42 Å². The minimum absolute atomic E-state index is 0.136. The van der Waals surface area contributed by atoms with Crippen molar-refractivity contribution in [3.63, 3.8) is 0 Å². The lowest BCUT2D eigenvalue weighted by molar-refractivity contribution is -0.141. The Kier molecular flexibility index (Phi) is 3.32. The Morgan fingerprint density at radius 1 is 1.69 bits per heavy atom. The molecule has 1 aromatic rings. The molecule has 0 aliphatic rings. The van der Waals surface area contributed by atoms with E-state index in [0.717, 1.165) is 0 Å². The monoisotopic (exact) mass is 185 g/mol. The quantitative estimate of drug-likeness (QED) is 0.591. The highest BCUT2D eigenvalue weighted by atomic mass is 16.4. The van der Waals surface area contributed by atoms with Gasteiger partial charge in [-0.15, -0.1) is 5.10 Å². The Hall–Kier alpha value is -1.50. The SMILES string of the molecule is NCC(CCn1cnnn1)C(=O)O. The van der Waals surface area contributed by atoms with Crippen molar-refractivity contribution < 1.29 is 9.90 Å². The molecule has 1 heterocycles. The average molecular weight is 185 g/mol. The number of carboxylic acid groups (broad SMARTS) is 1. The number of aromatic nitrogens is 4. The predicted molar refractivity (Wildman–Crippen MR) is 42.6 cm³/mol. The number of carbonyl (C=O) groups is 1. The van der Waals surface area contributed by atoms with Crippen LogP contribution >= 0.6 is 0 Å². The second-order valence-corrected chi connectivity index (χ2v) is 2.63. The number of nitrogens with zero attached hydrogens (tertiary/aromatic N) is 4.